The van der Waals surface area contributed by atoms with Crippen LogP contribution in [-0.4, -0.2) is 4.98 Å². The summed E-state index contributed by atoms with van der Waals surface area (Å²) in [5.41, 5.74) is 7.05. The molecule has 0 aliphatic carbocycles. The maximum Gasteiger partial charge on any atom is 0.148 e. The summed E-state index contributed by atoms with van der Waals surface area (Å²) in [7, 11) is 0. The van der Waals surface area contributed by atoms with Crippen LogP contribution in [0, 0.1) is 6.92 Å². The molecule has 0 bridgehead atoms. The second kappa shape index (κ2) is 9.66. The number of ether oxygens (including phenoxy) is 2. The molecule has 0 saturated heterocycles. The number of benzene rings is 4. The van der Waals surface area contributed by atoms with Gasteiger partial charge in [-0.05, 0) is 47.7 Å². The third kappa shape index (κ3) is 5.09. The van der Waals surface area contributed by atoms with Crippen molar-refractivity contribution in [1.29, 1.82) is 0 Å². The second-order valence-corrected chi connectivity index (χ2v) is 8.38. The van der Waals surface area contributed by atoms with Crippen LogP contribution in [0.15, 0.2) is 103 Å². The largest absolute Gasteiger partial charge is 0.488 e. The van der Waals surface area contributed by atoms with E-state index in [1.54, 1.807) is 0 Å². The minimum absolute atomic E-state index is 0.507. The molecule has 0 aliphatic rings. The highest BCUT2D eigenvalue weighted by Crippen LogP contribution is 2.37. The number of hydrogen-bond donors (Lipinski definition) is 1. The molecule has 4 aromatic carbocycles. The molecule has 0 fully saturated rings. The maximum atomic E-state index is 6.36. The average molecular weight is 434 g/mol. The quantitative estimate of drug-likeness (QED) is 0.280. The molecule has 1 N–H and O–H groups in total. The summed E-state index contributed by atoms with van der Waals surface area (Å²) in [5.74, 6) is 1.64. The Bertz CT molecular complexity index is 1340. The van der Waals surface area contributed by atoms with E-state index < -0.39 is 0 Å². The number of fused-ring (bicyclic) bond motifs is 1. The normalized spacial score (nSPS) is 10.9. The molecule has 3 heteroatoms. The predicted molar refractivity (Wildman–Crippen MR) is 134 cm³/mol. The first-order chi connectivity index (χ1) is 16.2. The number of rotatable bonds is 8. The molecule has 5 aromatic rings. The van der Waals surface area contributed by atoms with Crippen molar-refractivity contribution in [2.75, 3.05) is 0 Å². The van der Waals surface area contributed by atoms with Gasteiger partial charge in [0.1, 0.15) is 24.7 Å². The minimum atomic E-state index is 0.507. The summed E-state index contributed by atoms with van der Waals surface area (Å²) in [6.45, 7) is 3.15. The van der Waals surface area contributed by atoms with E-state index in [2.05, 4.69) is 72.6 Å². The first-order valence-corrected chi connectivity index (χ1v) is 11.3. The number of H-pyrrole nitrogens is 1. The third-order valence-electron chi connectivity index (χ3n) is 5.73. The maximum absolute atomic E-state index is 6.36. The molecule has 5 rings (SSSR count). The average Bonchev–Trinajstić information content (AvgIpc) is 3.26. The van der Waals surface area contributed by atoms with Crippen LogP contribution in [0.1, 0.15) is 27.8 Å². The number of hydrogen-bond acceptors (Lipinski definition) is 2. The smallest absolute Gasteiger partial charge is 0.148 e. The molecule has 0 spiro atoms. The molecule has 0 amide bonds. The van der Waals surface area contributed by atoms with Crippen molar-refractivity contribution in [2.45, 2.75) is 26.6 Å². The Morgan fingerprint density at radius 1 is 0.606 bits per heavy atom. The topological polar surface area (TPSA) is 34.2 Å². The summed E-state index contributed by atoms with van der Waals surface area (Å²) < 4.78 is 12.6. The lowest BCUT2D eigenvalue weighted by Gasteiger charge is -2.13. The summed E-state index contributed by atoms with van der Waals surface area (Å²) in [6, 6.07) is 33.5. The lowest BCUT2D eigenvalue weighted by atomic mass is 10.0. The van der Waals surface area contributed by atoms with Gasteiger partial charge in [0, 0.05) is 6.20 Å². The van der Waals surface area contributed by atoms with Crippen molar-refractivity contribution in [2.24, 2.45) is 0 Å². The van der Waals surface area contributed by atoms with Gasteiger partial charge in [-0.3, -0.25) is 0 Å². The number of aromatic nitrogens is 1. The van der Waals surface area contributed by atoms with Crippen LogP contribution in [-0.2, 0) is 19.6 Å². The van der Waals surface area contributed by atoms with Gasteiger partial charge in [0.15, 0.2) is 0 Å². The van der Waals surface area contributed by atoms with E-state index in [0.717, 1.165) is 39.9 Å². The minimum Gasteiger partial charge on any atom is -0.488 e. The number of nitrogens with one attached hydrogen (secondary N) is 1. The van der Waals surface area contributed by atoms with Crippen LogP contribution < -0.4 is 9.47 Å². The molecule has 1 aromatic heterocycles. The van der Waals surface area contributed by atoms with Gasteiger partial charge < -0.3 is 14.5 Å². The summed E-state index contributed by atoms with van der Waals surface area (Å²) in [5, 5.41) is 0.981. The predicted octanol–water partition coefficient (Wildman–Crippen LogP) is 7.23. The van der Waals surface area contributed by atoms with Crippen molar-refractivity contribution < 1.29 is 9.47 Å². The van der Waals surface area contributed by atoms with Crippen LogP contribution in [0.3, 0.4) is 0 Å². The Morgan fingerprint density at radius 2 is 1.24 bits per heavy atom. The van der Waals surface area contributed by atoms with Gasteiger partial charge in [-0.15, -0.1) is 0 Å². The van der Waals surface area contributed by atoms with Crippen LogP contribution in [0.5, 0.6) is 11.5 Å². The lowest BCUT2D eigenvalue weighted by molar-refractivity contribution is 0.298. The Labute approximate surface area is 194 Å². The Morgan fingerprint density at radius 3 is 1.91 bits per heavy atom. The summed E-state index contributed by atoms with van der Waals surface area (Å²) >= 11 is 0. The monoisotopic (exact) mass is 433 g/mol. The zero-order valence-corrected chi connectivity index (χ0v) is 18.8. The van der Waals surface area contributed by atoms with Gasteiger partial charge in [0.2, 0.25) is 0 Å². The fourth-order valence-corrected chi connectivity index (χ4v) is 4.11. The first-order valence-electron chi connectivity index (χ1n) is 11.3. The fraction of sp³-hybridized carbons (Fsp3) is 0.133. The van der Waals surface area contributed by atoms with E-state index >= 15 is 0 Å². The van der Waals surface area contributed by atoms with E-state index in [4.69, 9.17) is 9.47 Å². The standard InChI is InChI=1S/C30H27NO2/c1-22-9-8-14-25(15-22)16-26-17-27-30(28(18-26)32-20-23-10-4-2-5-11-23)29(19-31-27)33-21-24-12-6-3-7-13-24/h2-15,17-19,31H,16,20-21H2,1H3. The van der Waals surface area contributed by atoms with Gasteiger partial charge in [0.25, 0.3) is 0 Å². The third-order valence-corrected chi connectivity index (χ3v) is 5.73. The van der Waals surface area contributed by atoms with Crippen LogP contribution in [0.4, 0.5) is 0 Å². The number of aromatic amines is 1. The molecular formula is C30H27NO2. The van der Waals surface area contributed by atoms with Crippen molar-refractivity contribution in [3.8, 4) is 11.5 Å². The van der Waals surface area contributed by atoms with Crippen molar-refractivity contribution >= 4 is 10.9 Å². The first kappa shape index (κ1) is 20.9. The molecular weight excluding hydrogens is 406 g/mol. The molecule has 0 unspecified atom stereocenters. The molecule has 0 atom stereocenters. The van der Waals surface area contributed by atoms with Crippen molar-refractivity contribution in [3.63, 3.8) is 0 Å². The Kier molecular flexibility index (Phi) is 6.12. The van der Waals surface area contributed by atoms with Crippen molar-refractivity contribution in [3.05, 3.63) is 131 Å². The van der Waals surface area contributed by atoms with Gasteiger partial charge in [0.05, 0.1) is 10.9 Å². The van der Waals surface area contributed by atoms with E-state index in [9.17, 15) is 0 Å². The zero-order chi connectivity index (χ0) is 22.5. The highest BCUT2D eigenvalue weighted by atomic mass is 16.5. The summed E-state index contributed by atoms with van der Waals surface area (Å²) in [4.78, 5) is 3.40. The molecule has 3 nitrogen and oxygen atoms in total. The molecule has 33 heavy (non-hydrogen) atoms. The SMILES string of the molecule is Cc1cccc(Cc2cc(OCc3ccccc3)c3c(OCc4ccccc4)c[nH]c3c2)c1. The molecule has 164 valence electrons. The van der Waals surface area contributed by atoms with Gasteiger partial charge in [-0.25, -0.2) is 0 Å². The van der Waals surface area contributed by atoms with Gasteiger partial charge in [-0.2, -0.15) is 0 Å². The Hall–Kier alpha value is -3.98. The van der Waals surface area contributed by atoms with Crippen LogP contribution in [0.2, 0.25) is 0 Å². The van der Waals surface area contributed by atoms with E-state index in [1.165, 1.54) is 16.7 Å². The summed E-state index contributed by atoms with van der Waals surface area (Å²) in [6.07, 6.45) is 2.78. The van der Waals surface area contributed by atoms with Crippen LogP contribution in [0.25, 0.3) is 10.9 Å². The molecule has 0 aliphatic heterocycles. The fourth-order valence-electron chi connectivity index (χ4n) is 4.11. The lowest BCUT2D eigenvalue weighted by Crippen LogP contribution is -1.99. The van der Waals surface area contributed by atoms with Crippen LogP contribution >= 0.6 is 0 Å². The molecule has 0 radical (unpaired) electrons. The Balaban J connectivity index is 1.47. The second-order valence-electron chi connectivity index (χ2n) is 8.38. The van der Waals surface area contributed by atoms with Crippen molar-refractivity contribution in [1.82, 2.24) is 4.98 Å². The van der Waals surface area contributed by atoms with Gasteiger partial charge in [-0.1, -0.05) is 90.5 Å². The van der Waals surface area contributed by atoms with E-state index in [0.29, 0.717) is 13.2 Å². The van der Waals surface area contributed by atoms with E-state index in [-0.39, 0.29) is 0 Å². The zero-order valence-electron chi connectivity index (χ0n) is 18.8. The molecule has 0 saturated carbocycles. The molecule has 1 heterocycles. The number of aryl methyl sites for hydroxylation is 1. The highest BCUT2D eigenvalue weighted by molar-refractivity contribution is 5.92. The van der Waals surface area contributed by atoms with Gasteiger partial charge >= 0.3 is 0 Å². The van der Waals surface area contributed by atoms with E-state index in [1.807, 2.05) is 42.6 Å². The highest BCUT2D eigenvalue weighted by Gasteiger charge is 2.14.